The normalized spacial score (nSPS) is 10.7. The van der Waals surface area contributed by atoms with Crippen LogP contribution in [0.2, 0.25) is 0 Å². The minimum atomic E-state index is -0.218. The fraction of sp³-hybridized carbons (Fsp3) is 0.222. The standard InChI is InChI=1S/C18H18N2O2S/c1-13-17(23-14(2)19-13)12-22-18(21)11-15-5-7-16(8-6-15)20-9-3-4-10-20/h3-10H,11-12H2,1-2H3. The number of rotatable bonds is 5. The van der Waals surface area contributed by atoms with E-state index in [2.05, 4.69) is 4.98 Å². The predicted octanol–water partition coefficient (Wildman–Crippen LogP) is 3.84. The molecule has 0 bridgehead atoms. The van der Waals surface area contributed by atoms with Crippen LogP contribution in [0, 0.1) is 13.8 Å². The third-order valence-corrected chi connectivity index (χ3v) is 4.60. The number of nitrogens with zero attached hydrogens (tertiary/aromatic N) is 2. The van der Waals surface area contributed by atoms with Gasteiger partial charge < -0.3 is 9.30 Å². The van der Waals surface area contributed by atoms with Crippen molar-refractivity contribution in [3.63, 3.8) is 0 Å². The highest BCUT2D eigenvalue weighted by molar-refractivity contribution is 7.11. The van der Waals surface area contributed by atoms with Crippen LogP contribution in [-0.4, -0.2) is 15.5 Å². The fourth-order valence-corrected chi connectivity index (χ4v) is 3.21. The van der Waals surface area contributed by atoms with Gasteiger partial charge in [-0.1, -0.05) is 12.1 Å². The van der Waals surface area contributed by atoms with Crippen molar-refractivity contribution in [1.82, 2.24) is 9.55 Å². The number of ether oxygens (including phenoxy) is 1. The van der Waals surface area contributed by atoms with E-state index >= 15 is 0 Å². The van der Waals surface area contributed by atoms with Gasteiger partial charge in [-0.15, -0.1) is 11.3 Å². The molecule has 1 aromatic carbocycles. The van der Waals surface area contributed by atoms with E-state index in [4.69, 9.17) is 4.74 Å². The summed E-state index contributed by atoms with van der Waals surface area (Å²) in [5.41, 5.74) is 2.96. The van der Waals surface area contributed by atoms with E-state index < -0.39 is 0 Å². The summed E-state index contributed by atoms with van der Waals surface area (Å²) in [6, 6.07) is 11.9. The summed E-state index contributed by atoms with van der Waals surface area (Å²) in [5.74, 6) is -0.218. The number of thiazole rings is 1. The van der Waals surface area contributed by atoms with Crippen molar-refractivity contribution >= 4 is 17.3 Å². The SMILES string of the molecule is Cc1nc(C)c(COC(=O)Cc2ccc(-n3cccc3)cc2)s1. The van der Waals surface area contributed by atoms with Gasteiger partial charge in [0.25, 0.3) is 0 Å². The minimum absolute atomic E-state index is 0.218. The molecule has 4 nitrogen and oxygen atoms in total. The van der Waals surface area contributed by atoms with E-state index in [0.29, 0.717) is 6.61 Å². The van der Waals surface area contributed by atoms with Gasteiger partial charge in [-0.05, 0) is 43.7 Å². The lowest BCUT2D eigenvalue weighted by Crippen LogP contribution is -2.08. The Hall–Kier alpha value is -2.40. The van der Waals surface area contributed by atoms with E-state index in [9.17, 15) is 4.79 Å². The van der Waals surface area contributed by atoms with Gasteiger partial charge >= 0.3 is 5.97 Å². The second-order valence-electron chi connectivity index (χ2n) is 5.34. The molecule has 2 heterocycles. The average Bonchev–Trinajstić information content (AvgIpc) is 3.16. The van der Waals surface area contributed by atoms with Crippen LogP contribution in [0.15, 0.2) is 48.8 Å². The fourth-order valence-electron chi connectivity index (χ4n) is 2.36. The lowest BCUT2D eigenvalue weighted by Gasteiger charge is -2.06. The molecule has 0 saturated carbocycles. The molecule has 0 N–H and O–H groups in total. The number of carbonyl (C=O) groups excluding carboxylic acids is 1. The topological polar surface area (TPSA) is 44.1 Å². The van der Waals surface area contributed by atoms with Gasteiger partial charge in [0, 0.05) is 18.1 Å². The van der Waals surface area contributed by atoms with Crippen molar-refractivity contribution in [2.24, 2.45) is 0 Å². The monoisotopic (exact) mass is 326 g/mol. The Bertz CT molecular complexity index is 789. The summed E-state index contributed by atoms with van der Waals surface area (Å²) in [6.07, 6.45) is 4.26. The predicted molar refractivity (Wildman–Crippen MR) is 90.9 cm³/mol. The second kappa shape index (κ2) is 6.79. The number of aromatic nitrogens is 2. The zero-order valence-electron chi connectivity index (χ0n) is 13.2. The van der Waals surface area contributed by atoms with Crippen LogP contribution in [0.4, 0.5) is 0 Å². The summed E-state index contributed by atoms with van der Waals surface area (Å²) < 4.78 is 7.38. The molecule has 0 atom stereocenters. The van der Waals surface area contributed by atoms with Crippen LogP contribution in [-0.2, 0) is 22.6 Å². The molecule has 0 spiro atoms. The first-order chi connectivity index (χ1) is 11.1. The van der Waals surface area contributed by atoms with E-state index in [1.165, 1.54) is 0 Å². The Morgan fingerprint density at radius 2 is 1.87 bits per heavy atom. The van der Waals surface area contributed by atoms with Gasteiger partial charge in [0.15, 0.2) is 0 Å². The smallest absolute Gasteiger partial charge is 0.310 e. The quantitative estimate of drug-likeness (QED) is 0.669. The van der Waals surface area contributed by atoms with Crippen LogP contribution >= 0.6 is 11.3 Å². The van der Waals surface area contributed by atoms with Crippen molar-refractivity contribution in [3.8, 4) is 5.69 Å². The maximum Gasteiger partial charge on any atom is 0.310 e. The molecule has 3 aromatic rings. The molecule has 23 heavy (non-hydrogen) atoms. The van der Waals surface area contributed by atoms with E-state index in [0.717, 1.165) is 26.8 Å². The summed E-state index contributed by atoms with van der Waals surface area (Å²) in [7, 11) is 0. The maximum absolute atomic E-state index is 12.0. The zero-order chi connectivity index (χ0) is 16.2. The first-order valence-electron chi connectivity index (χ1n) is 7.42. The third-order valence-electron chi connectivity index (χ3n) is 3.55. The Kier molecular flexibility index (Phi) is 4.57. The van der Waals surface area contributed by atoms with Crippen molar-refractivity contribution in [2.75, 3.05) is 0 Å². The lowest BCUT2D eigenvalue weighted by atomic mass is 10.1. The van der Waals surface area contributed by atoms with Crippen molar-refractivity contribution < 1.29 is 9.53 Å². The molecule has 0 fully saturated rings. The Balaban J connectivity index is 1.56. The molecular weight excluding hydrogens is 308 g/mol. The van der Waals surface area contributed by atoms with Crippen molar-refractivity contribution in [3.05, 3.63) is 69.9 Å². The molecule has 2 aromatic heterocycles. The number of aryl methyl sites for hydroxylation is 2. The molecule has 0 aliphatic heterocycles. The molecule has 3 rings (SSSR count). The number of hydrogen-bond donors (Lipinski definition) is 0. The second-order valence-corrected chi connectivity index (χ2v) is 6.62. The highest BCUT2D eigenvalue weighted by Crippen LogP contribution is 2.18. The molecule has 118 valence electrons. The summed E-state index contributed by atoms with van der Waals surface area (Å²) in [4.78, 5) is 17.3. The third kappa shape index (κ3) is 3.87. The van der Waals surface area contributed by atoms with Crippen LogP contribution in [0.25, 0.3) is 5.69 Å². The van der Waals surface area contributed by atoms with E-state index in [1.54, 1.807) is 11.3 Å². The number of hydrogen-bond acceptors (Lipinski definition) is 4. The highest BCUT2D eigenvalue weighted by Gasteiger charge is 2.09. The molecular formula is C18H18N2O2S. The number of esters is 1. The van der Waals surface area contributed by atoms with Crippen LogP contribution in [0.3, 0.4) is 0 Å². The molecule has 0 saturated heterocycles. The highest BCUT2D eigenvalue weighted by atomic mass is 32.1. The Morgan fingerprint density at radius 3 is 2.48 bits per heavy atom. The molecule has 5 heteroatoms. The van der Waals surface area contributed by atoms with Gasteiger partial charge in [0.1, 0.15) is 6.61 Å². The lowest BCUT2D eigenvalue weighted by molar-refractivity contribution is -0.144. The number of benzene rings is 1. The summed E-state index contributed by atoms with van der Waals surface area (Å²) in [6.45, 7) is 4.19. The maximum atomic E-state index is 12.0. The van der Waals surface area contributed by atoms with E-state index in [-0.39, 0.29) is 12.4 Å². The molecule has 0 amide bonds. The zero-order valence-corrected chi connectivity index (χ0v) is 14.0. The summed E-state index contributed by atoms with van der Waals surface area (Å²) in [5, 5.41) is 0.995. The molecule has 0 aliphatic rings. The molecule has 0 unspecified atom stereocenters. The first-order valence-corrected chi connectivity index (χ1v) is 8.24. The molecule has 0 radical (unpaired) electrons. The van der Waals surface area contributed by atoms with Gasteiger partial charge in [0.05, 0.1) is 22.0 Å². The van der Waals surface area contributed by atoms with Crippen molar-refractivity contribution in [1.29, 1.82) is 0 Å². The average molecular weight is 326 g/mol. The van der Waals surface area contributed by atoms with Gasteiger partial charge in [-0.3, -0.25) is 4.79 Å². The van der Waals surface area contributed by atoms with E-state index in [1.807, 2.05) is 67.2 Å². The Morgan fingerprint density at radius 1 is 1.17 bits per heavy atom. The number of carbonyl (C=O) groups is 1. The van der Waals surface area contributed by atoms with Crippen molar-refractivity contribution in [2.45, 2.75) is 26.9 Å². The molecule has 0 aliphatic carbocycles. The first kappa shape index (κ1) is 15.5. The Labute approximate surface area is 139 Å². The largest absolute Gasteiger partial charge is 0.460 e. The van der Waals surface area contributed by atoms with Crippen LogP contribution in [0.5, 0.6) is 0 Å². The van der Waals surface area contributed by atoms with Crippen LogP contribution in [0.1, 0.15) is 21.1 Å². The minimum Gasteiger partial charge on any atom is -0.460 e. The summed E-state index contributed by atoms with van der Waals surface area (Å²) >= 11 is 1.57. The van der Waals surface area contributed by atoms with Gasteiger partial charge in [-0.25, -0.2) is 4.98 Å². The van der Waals surface area contributed by atoms with Gasteiger partial charge in [0.2, 0.25) is 0 Å². The van der Waals surface area contributed by atoms with Crippen LogP contribution < -0.4 is 0 Å². The van der Waals surface area contributed by atoms with Gasteiger partial charge in [-0.2, -0.15) is 0 Å².